The Morgan fingerprint density at radius 3 is 2.63 bits per heavy atom. The van der Waals surface area contributed by atoms with Gasteiger partial charge in [-0.25, -0.2) is 4.79 Å². The molecule has 204 valence electrons. The van der Waals surface area contributed by atoms with Crippen LogP contribution in [-0.2, 0) is 15.8 Å². The van der Waals surface area contributed by atoms with Crippen molar-refractivity contribution >= 4 is 14.4 Å². The van der Waals surface area contributed by atoms with Gasteiger partial charge in [-0.2, -0.15) is 4.98 Å². The van der Waals surface area contributed by atoms with Crippen LogP contribution in [0.3, 0.4) is 0 Å². The standard InChI is InChI=1S/C29H40N4O4Si/c1-29(2,3)38(5,6)37-25-15-16-33(18-25)19-26(23-13-10-14-24(17-23)27-30-21-36-31-27)32(4)28(34)35-20-22-11-8-7-9-12-22/h7-14,17,21,25-26H,15-16,18-20H2,1-6H3/t25-,26?/m1/s1. The number of carbonyl (C=O) groups is 1. The molecule has 2 aromatic carbocycles. The maximum atomic E-state index is 13.2. The lowest BCUT2D eigenvalue weighted by Gasteiger charge is -2.38. The lowest BCUT2D eigenvalue weighted by atomic mass is 10.0. The maximum Gasteiger partial charge on any atom is 0.410 e. The van der Waals surface area contributed by atoms with Crippen LogP contribution in [0.2, 0.25) is 18.1 Å². The van der Waals surface area contributed by atoms with Crippen molar-refractivity contribution in [3.63, 3.8) is 0 Å². The first-order valence-corrected chi connectivity index (χ1v) is 16.1. The predicted octanol–water partition coefficient (Wildman–Crippen LogP) is 6.14. The molecule has 0 aliphatic carbocycles. The quantitative estimate of drug-likeness (QED) is 0.304. The molecule has 1 aliphatic heterocycles. The molecule has 8 nitrogen and oxygen atoms in total. The Kier molecular flexibility index (Phi) is 8.70. The fraction of sp³-hybridized carbons (Fsp3) is 0.483. The molecule has 0 spiro atoms. The van der Waals surface area contributed by atoms with Crippen LogP contribution >= 0.6 is 0 Å². The molecule has 1 unspecified atom stereocenters. The van der Waals surface area contributed by atoms with Gasteiger partial charge in [0.2, 0.25) is 12.2 Å². The molecule has 0 saturated carbocycles. The zero-order chi connectivity index (χ0) is 27.3. The molecular formula is C29H40N4O4Si. The van der Waals surface area contributed by atoms with Gasteiger partial charge in [-0.15, -0.1) is 0 Å². The summed E-state index contributed by atoms with van der Waals surface area (Å²) in [5.74, 6) is 0.518. The molecule has 4 rings (SSSR count). The number of benzene rings is 2. The van der Waals surface area contributed by atoms with E-state index in [2.05, 4.69) is 48.9 Å². The van der Waals surface area contributed by atoms with Crippen LogP contribution in [0.5, 0.6) is 0 Å². The summed E-state index contributed by atoms with van der Waals surface area (Å²) in [4.78, 5) is 21.5. The van der Waals surface area contributed by atoms with Crippen molar-refractivity contribution in [3.8, 4) is 11.4 Å². The second-order valence-corrected chi connectivity index (χ2v) is 16.4. The number of aromatic nitrogens is 2. The molecule has 3 aromatic rings. The van der Waals surface area contributed by atoms with Gasteiger partial charge in [0.15, 0.2) is 8.32 Å². The topological polar surface area (TPSA) is 80.9 Å². The van der Waals surface area contributed by atoms with Crippen molar-refractivity contribution in [2.45, 2.75) is 64.1 Å². The Labute approximate surface area is 227 Å². The summed E-state index contributed by atoms with van der Waals surface area (Å²) in [5, 5.41) is 4.15. The van der Waals surface area contributed by atoms with Gasteiger partial charge >= 0.3 is 6.09 Å². The first-order chi connectivity index (χ1) is 18.0. The minimum absolute atomic E-state index is 0.168. The van der Waals surface area contributed by atoms with Crippen LogP contribution in [0, 0.1) is 0 Å². The highest BCUT2D eigenvalue weighted by atomic mass is 28.4. The molecule has 0 radical (unpaired) electrons. The Morgan fingerprint density at radius 2 is 1.95 bits per heavy atom. The minimum atomic E-state index is -1.86. The van der Waals surface area contributed by atoms with Crippen molar-refractivity contribution in [1.29, 1.82) is 0 Å². The van der Waals surface area contributed by atoms with Crippen molar-refractivity contribution in [2.24, 2.45) is 0 Å². The number of nitrogens with zero attached hydrogens (tertiary/aromatic N) is 4. The van der Waals surface area contributed by atoms with Crippen LogP contribution in [-0.4, -0.2) is 67.1 Å². The van der Waals surface area contributed by atoms with E-state index in [1.54, 1.807) is 11.9 Å². The highest BCUT2D eigenvalue weighted by Gasteiger charge is 2.41. The van der Waals surface area contributed by atoms with E-state index in [0.717, 1.165) is 36.2 Å². The monoisotopic (exact) mass is 536 g/mol. The normalized spacial score (nSPS) is 17.4. The van der Waals surface area contributed by atoms with Crippen molar-refractivity contribution in [2.75, 3.05) is 26.7 Å². The predicted molar refractivity (Wildman–Crippen MR) is 150 cm³/mol. The average molecular weight is 537 g/mol. The van der Waals surface area contributed by atoms with Gasteiger partial charge in [-0.05, 0) is 41.7 Å². The van der Waals surface area contributed by atoms with Gasteiger partial charge in [-0.1, -0.05) is 74.5 Å². The maximum absolute atomic E-state index is 13.2. The average Bonchev–Trinajstić information content (AvgIpc) is 3.58. The second kappa shape index (κ2) is 11.8. The van der Waals surface area contributed by atoms with E-state index in [0.29, 0.717) is 12.4 Å². The molecular weight excluding hydrogens is 496 g/mol. The van der Waals surface area contributed by atoms with Crippen molar-refractivity contribution in [1.82, 2.24) is 19.9 Å². The highest BCUT2D eigenvalue weighted by molar-refractivity contribution is 6.74. The number of likely N-dealkylation sites (tertiary alicyclic amines) is 1. The van der Waals surface area contributed by atoms with Crippen LogP contribution in [0.1, 0.15) is 44.4 Å². The fourth-order valence-electron chi connectivity index (χ4n) is 4.48. The third-order valence-corrected chi connectivity index (χ3v) is 12.3. The van der Waals surface area contributed by atoms with E-state index >= 15 is 0 Å². The first kappa shape index (κ1) is 28.0. The number of ether oxygens (including phenoxy) is 1. The zero-order valence-electron chi connectivity index (χ0n) is 23.4. The molecule has 0 bridgehead atoms. The van der Waals surface area contributed by atoms with Crippen LogP contribution in [0.15, 0.2) is 65.5 Å². The second-order valence-electron chi connectivity index (χ2n) is 11.6. The summed E-state index contributed by atoms with van der Waals surface area (Å²) in [7, 11) is -0.0541. The van der Waals surface area contributed by atoms with E-state index in [1.165, 1.54) is 6.39 Å². The van der Waals surface area contributed by atoms with E-state index < -0.39 is 8.32 Å². The molecule has 2 atom stereocenters. The number of likely N-dealkylation sites (N-methyl/N-ethyl adjacent to an activating group) is 1. The van der Waals surface area contributed by atoms with Gasteiger partial charge in [0, 0.05) is 32.2 Å². The summed E-state index contributed by atoms with van der Waals surface area (Å²) in [6.45, 7) is 14.1. The summed E-state index contributed by atoms with van der Waals surface area (Å²) in [6, 6.07) is 17.5. The Bertz CT molecular complexity index is 1180. The van der Waals surface area contributed by atoms with E-state index in [9.17, 15) is 4.79 Å². The van der Waals surface area contributed by atoms with Crippen molar-refractivity contribution < 1.29 is 18.5 Å². The van der Waals surface area contributed by atoms with Crippen LogP contribution < -0.4 is 0 Å². The van der Waals surface area contributed by atoms with Gasteiger partial charge in [0.05, 0.1) is 12.1 Å². The van der Waals surface area contributed by atoms with Gasteiger partial charge in [-0.3, -0.25) is 4.90 Å². The van der Waals surface area contributed by atoms with Gasteiger partial charge in [0.25, 0.3) is 0 Å². The van der Waals surface area contributed by atoms with Crippen LogP contribution in [0.4, 0.5) is 4.79 Å². The Morgan fingerprint density at radius 1 is 1.18 bits per heavy atom. The molecule has 1 saturated heterocycles. The van der Waals surface area contributed by atoms with E-state index in [-0.39, 0.29) is 29.9 Å². The molecule has 9 heteroatoms. The smallest absolute Gasteiger partial charge is 0.410 e. The number of amides is 1. The number of hydrogen-bond acceptors (Lipinski definition) is 7. The third-order valence-electron chi connectivity index (χ3n) is 7.78. The summed E-state index contributed by atoms with van der Waals surface area (Å²) in [6.07, 6.45) is 2.15. The van der Waals surface area contributed by atoms with Gasteiger partial charge in [0.1, 0.15) is 6.61 Å². The van der Waals surface area contributed by atoms with Gasteiger partial charge < -0.3 is 18.6 Å². The largest absolute Gasteiger partial charge is 0.445 e. The summed E-state index contributed by atoms with van der Waals surface area (Å²) < 4.78 is 17.4. The molecule has 1 aliphatic rings. The molecule has 1 fully saturated rings. The molecule has 38 heavy (non-hydrogen) atoms. The van der Waals surface area contributed by atoms with E-state index in [4.69, 9.17) is 13.7 Å². The zero-order valence-corrected chi connectivity index (χ0v) is 24.4. The molecule has 1 amide bonds. The van der Waals surface area contributed by atoms with Crippen LogP contribution in [0.25, 0.3) is 11.4 Å². The number of hydrogen-bond donors (Lipinski definition) is 0. The minimum Gasteiger partial charge on any atom is -0.445 e. The Balaban J connectivity index is 1.50. The lowest BCUT2D eigenvalue weighted by Crippen LogP contribution is -2.45. The molecule has 1 aromatic heterocycles. The SMILES string of the molecule is CN(C(=O)OCc1ccccc1)C(CN1CC[C@@H](O[Si](C)(C)C(C)(C)C)C1)c1cccc(-c2ncon2)c1. The van der Waals surface area contributed by atoms with Crippen molar-refractivity contribution in [3.05, 3.63) is 72.1 Å². The summed E-state index contributed by atoms with van der Waals surface area (Å²) in [5.41, 5.74) is 2.78. The van der Waals surface area contributed by atoms with E-state index in [1.807, 2.05) is 54.6 Å². The fourth-order valence-corrected chi connectivity index (χ4v) is 5.86. The third kappa shape index (κ3) is 6.89. The first-order valence-electron chi connectivity index (χ1n) is 13.2. The lowest BCUT2D eigenvalue weighted by molar-refractivity contribution is 0.0819. The molecule has 0 N–H and O–H groups in total. The Hall–Kier alpha value is -3.01. The molecule has 2 heterocycles. The number of rotatable bonds is 9. The summed E-state index contributed by atoms with van der Waals surface area (Å²) >= 11 is 0. The highest BCUT2D eigenvalue weighted by Crippen LogP contribution is 2.38. The number of carbonyl (C=O) groups excluding carboxylic acids is 1.